The molecule has 2 aromatic rings. The minimum Gasteiger partial charge on any atom is -0.381 e. The molecule has 0 radical (unpaired) electrons. The van der Waals surface area contributed by atoms with Gasteiger partial charge in [0.1, 0.15) is 0 Å². The van der Waals surface area contributed by atoms with Crippen LogP contribution in [-0.4, -0.2) is 15.0 Å². The fourth-order valence-corrected chi connectivity index (χ4v) is 2.31. The van der Waals surface area contributed by atoms with Gasteiger partial charge in [-0.25, -0.2) is 4.68 Å². The topological polar surface area (TPSA) is 56.7 Å². The summed E-state index contributed by atoms with van der Waals surface area (Å²) in [6.45, 7) is 4.86. The molecule has 5 heteroatoms. The standard InChI is InChI=1S/C10H14N4S/c1-3-8-4-5-9(15-8)6-14-7(2)10(11)12-13-14/h4-5H,3,6,11H2,1-2H3. The molecule has 0 aliphatic rings. The van der Waals surface area contributed by atoms with Gasteiger partial charge in [-0.3, -0.25) is 0 Å². The zero-order valence-corrected chi connectivity index (χ0v) is 9.71. The summed E-state index contributed by atoms with van der Waals surface area (Å²) in [4.78, 5) is 2.69. The Hall–Kier alpha value is -1.36. The van der Waals surface area contributed by atoms with Crippen molar-refractivity contribution in [2.24, 2.45) is 0 Å². The highest BCUT2D eigenvalue weighted by atomic mass is 32.1. The van der Waals surface area contributed by atoms with Crippen LogP contribution in [0, 0.1) is 6.92 Å². The summed E-state index contributed by atoms with van der Waals surface area (Å²) in [5, 5.41) is 7.83. The van der Waals surface area contributed by atoms with Crippen LogP contribution in [0.25, 0.3) is 0 Å². The zero-order chi connectivity index (χ0) is 10.8. The molecule has 0 aliphatic heterocycles. The van der Waals surface area contributed by atoms with Gasteiger partial charge in [-0.15, -0.1) is 16.4 Å². The van der Waals surface area contributed by atoms with Crippen molar-refractivity contribution < 1.29 is 0 Å². The van der Waals surface area contributed by atoms with E-state index in [1.807, 2.05) is 22.9 Å². The maximum Gasteiger partial charge on any atom is 0.168 e. The summed E-state index contributed by atoms with van der Waals surface area (Å²) in [5.41, 5.74) is 6.57. The van der Waals surface area contributed by atoms with Crippen LogP contribution in [0.4, 0.5) is 5.82 Å². The molecule has 0 amide bonds. The van der Waals surface area contributed by atoms with Gasteiger partial charge >= 0.3 is 0 Å². The third kappa shape index (κ3) is 2.02. The highest BCUT2D eigenvalue weighted by molar-refractivity contribution is 7.11. The molecule has 0 fully saturated rings. The van der Waals surface area contributed by atoms with E-state index in [9.17, 15) is 0 Å². The van der Waals surface area contributed by atoms with E-state index in [4.69, 9.17) is 5.73 Å². The quantitative estimate of drug-likeness (QED) is 0.862. The molecule has 0 unspecified atom stereocenters. The summed E-state index contributed by atoms with van der Waals surface area (Å²) >= 11 is 1.82. The van der Waals surface area contributed by atoms with Crippen molar-refractivity contribution in [2.45, 2.75) is 26.8 Å². The molecular weight excluding hydrogens is 208 g/mol. The van der Waals surface area contributed by atoms with Crippen molar-refractivity contribution >= 4 is 17.2 Å². The van der Waals surface area contributed by atoms with E-state index in [0.717, 1.165) is 18.7 Å². The van der Waals surface area contributed by atoms with E-state index < -0.39 is 0 Å². The number of nitrogen functional groups attached to an aromatic ring is 1. The first kappa shape index (κ1) is 10.2. The van der Waals surface area contributed by atoms with Crippen LogP contribution < -0.4 is 5.73 Å². The van der Waals surface area contributed by atoms with Crippen LogP contribution in [0.15, 0.2) is 12.1 Å². The van der Waals surface area contributed by atoms with Crippen molar-refractivity contribution in [1.82, 2.24) is 15.0 Å². The van der Waals surface area contributed by atoms with Gasteiger partial charge in [0, 0.05) is 9.75 Å². The molecule has 0 bridgehead atoms. The Kier molecular flexibility index (Phi) is 2.73. The Labute approximate surface area is 92.7 Å². The highest BCUT2D eigenvalue weighted by Gasteiger charge is 2.06. The summed E-state index contributed by atoms with van der Waals surface area (Å²) < 4.78 is 1.83. The van der Waals surface area contributed by atoms with Gasteiger partial charge < -0.3 is 5.73 Å². The van der Waals surface area contributed by atoms with Crippen LogP contribution in [0.2, 0.25) is 0 Å². The Morgan fingerprint density at radius 1 is 1.40 bits per heavy atom. The molecule has 80 valence electrons. The van der Waals surface area contributed by atoms with E-state index in [1.54, 1.807) is 0 Å². The van der Waals surface area contributed by atoms with Gasteiger partial charge in [-0.05, 0) is 25.5 Å². The third-order valence-electron chi connectivity index (χ3n) is 2.39. The van der Waals surface area contributed by atoms with E-state index in [1.165, 1.54) is 9.75 Å². The number of anilines is 1. The number of hydrogen-bond donors (Lipinski definition) is 1. The van der Waals surface area contributed by atoms with Gasteiger partial charge in [-0.1, -0.05) is 12.1 Å². The van der Waals surface area contributed by atoms with Gasteiger partial charge in [-0.2, -0.15) is 0 Å². The van der Waals surface area contributed by atoms with Crippen LogP contribution in [0.1, 0.15) is 22.4 Å². The molecule has 0 saturated heterocycles. The average Bonchev–Trinajstić information content (AvgIpc) is 2.80. The number of rotatable bonds is 3. The normalized spacial score (nSPS) is 10.8. The van der Waals surface area contributed by atoms with Gasteiger partial charge in [0.15, 0.2) is 5.82 Å². The Bertz CT molecular complexity index is 458. The third-order valence-corrected chi connectivity index (χ3v) is 3.60. The molecule has 0 aromatic carbocycles. The molecule has 0 saturated carbocycles. The van der Waals surface area contributed by atoms with Crippen molar-refractivity contribution in [3.8, 4) is 0 Å². The lowest BCUT2D eigenvalue weighted by atomic mass is 10.3. The summed E-state index contributed by atoms with van der Waals surface area (Å²) in [5.74, 6) is 0.516. The van der Waals surface area contributed by atoms with Crippen LogP contribution in [0.5, 0.6) is 0 Å². The van der Waals surface area contributed by atoms with Crippen LogP contribution in [0.3, 0.4) is 0 Å². The lowest BCUT2D eigenvalue weighted by Crippen LogP contribution is -2.02. The number of aryl methyl sites for hydroxylation is 1. The maximum atomic E-state index is 5.63. The molecule has 0 atom stereocenters. The molecule has 15 heavy (non-hydrogen) atoms. The largest absolute Gasteiger partial charge is 0.381 e. The first-order valence-corrected chi connectivity index (χ1v) is 5.75. The van der Waals surface area contributed by atoms with Gasteiger partial charge in [0.05, 0.1) is 12.2 Å². The fraction of sp³-hybridized carbons (Fsp3) is 0.400. The minimum absolute atomic E-state index is 0.516. The molecule has 2 heterocycles. The maximum absolute atomic E-state index is 5.63. The number of nitrogens with zero attached hydrogens (tertiary/aromatic N) is 3. The van der Waals surface area contributed by atoms with Crippen molar-refractivity contribution in [3.63, 3.8) is 0 Å². The zero-order valence-electron chi connectivity index (χ0n) is 8.90. The molecule has 0 spiro atoms. The Balaban J connectivity index is 2.18. The van der Waals surface area contributed by atoms with Crippen LogP contribution >= 0.6 is 11.3 Å². The molecule has 4 nitrogen and oxygen atoms in total. The minimum atomic E-state index is 0.516. The Morgan fingerprint density at radius 3 is 2.67 bits per heavy atom. The number of thiophene rings is 1. The van der Waals surface area contributed by atoms with Crippen molar-refractivity contribution in [1.29, 1.82) is 0 Å². The number of hydrogen-bond acceptors (Lipinski definition) is 4. The fourth-order valence-electron chi connectivity index (χ4n) is 1.37. The molecule has 0 aliphatic carbocycles. The number of aromatic nitrogens is 3. The second-order valence-electron chi connectivity index (χ2n) is 3.44. The van der Waals surface area contributed by atoms with Gasteiger partial charge in [0.25, 0.3) is 0 Å². The second kappa shape index (κ2) is 4.02. The van der Waals surface area contributed by atoms with Crippen molar-refractivity contribution in [3.05, 3.63) is 27.6 Å². The van der Waals surface area contributed by atoms with Crippen molar-refractivity contribution in [2.75, 3.05) is 5.73 Å². The first-order valence-electron chi connectivity index (χ1n) is 4.94. The SMILES string of the molecule is CCc1ccc(Cn2nnc(N)c2C)s1. The Morgan fingerprint density at radius 2 is 2.13 bits per heavy atom. The van der Waals surface area contributed by atoms with E-state index in [-0.39, 0.29) is 0 Å². The van der Waals surface area contributed by atoms with Gasteiger partial charge in [0.2, 0.25) is 0 Å². The summed E-state index contributed by atoms with van der Waals surface area (Å²) in [7, 11) is 0. The summed E-state index contributed by atoms with van der Waals surface area (Å²) in [6.07, 6.45) is 1.09. The predicted octanol–water partition coefficient (Wildman–Crippen LogP) is 1.84. The molecular formula is C10H14N4S. The number of nitrogens with two attached hydrogens (primary N) is 1. The lowest BCUT2D eigenvalue weighted by Gasteiger charge is -1.99. The summed E-state index contributed by atoms with van der Waals surface area (Å²) in [6, 6.07) is 4.30. The molecule has 2 aromatic heterocycles. The van der Waals surface area contributed by atoms with Crippen LogP contribution in [-0.2, 0) is 13.0 Å². The second-order valence-corrected chi connectivity index (χ2v) is 4.69. The molecule has 2 N–H and O–H groups in total. The van der Waals surface area contributed by atoms with E-state index in [0.29, 0.717) is 5.82 Å². The molecule has 2 rings (SSSR count). The highest BCUT2D eigenvalue weighted by Crippen LogP contribution is 2.18. The van der Waals surface area contributed by atoms with E-state index >= 15 is 0 Å². The van der Waals surface area contributed by atoms with E-state index in [2.05, 4.69) is 29.4 Å². The first-order chi connectivity index (χ1) is 7.20. The monoisotopic (exact) mass is 222 g/mol. The average molecular weight is 222 g/mol. The lowest BCUT2D eigenvalue weighted by molar-refractivity contribution is 0.639. The predicted molar refractivity (Wildman–Crippen MR) is 62.0 cm³/mol. The smallest absolute Gasteiger partial charge is 0.168 e.